The fraction of sp³-hybridized carbons (Fsp3) is 0.474. The molecule has 1 N–H and O–H groups in total. The van der Waals surface area contributed by atoms with Crippen LogP contribution in [0.4, 0.5) is 0 Å². The first-order valence-corrected chi connectivity index (χ1v) is 8.47. The lowest BCUT2D eigenvalue weighted by atomic mass is 10.0. The van der Waals surface area contributed by atoms with E-state index in [2.05, 4.69) is 10.1 Å². The summed E-state index contributed by atoms with van der Waals surface area (Å²) in [5.74, 6) is -0.952. The molecule has 0 aliphatic carbocycles. The van der Waals surface area contributed by atoms with Crippen LogP contribution in [0.5, 0.6) is 0 Å². The average Bonchev–Trinajstić information content (AvgIpc) is 2.96. The van der Waals surface area contributed by atoms with Gasteiger partial charge in [0, 0.05) is 29.6 Å². The summed E-state index contributed by atoms with van der Waals surface area (Å²) in [5, 5.41) is 4.27. The van der Waals surface area contributed by atoms with Crippen LogP contribution >= 0.6 is 0 Å². The Labute approximate surface area is 152 Å². The molecule has 0 aliphatic rings. The highest BCUT2D eigenvalue weighted by Gasteiger charge is 2.26. The van der Waals surface area contributed by atoms with Crippen LogP contribution in [0.2, 0.25) is 0 Å². The van der Waals surface area contributed by atoms with E-state index in [1.807, 2.05) is 20.9 Å². The molecule has 0 bridgehead atoms. The van der Waals surface area contributed by atoms with Crippen molar-refractivity contribution >= 4 is 17.5 Å². The summed E-state index contributed by atoms with van der Waals surface area (Å²) in [5.41, 5.74) is 4.50. The van der Waals surface area contributed by atoms with Gasteiger partial charge in [-0.1, -0.05) is 0 Å². The second-order valence-corrected chi connectivity index (χ2v) is 6.63. The van der Waals surface area contributed by atoms with Crippen LogP contribution in [0, 0.1) is 27.7 Å². The largest absolute Gasteiger partial charge is 0.454 e. The van der Waals surface area contributed by atoms with Gasteiger partial charge < -0.3 is 9.72 Å². The van der Waals surface area contributed by atoms with Gasteiger partial charge in [0.1, 0.15) is 0 Å². The Kier molecular flexibility index (Phi) is 5.49. The minimum Gasteiger partial charge on any atom is -0.454 e. The number of aromatic amines is 1. The van der Waals surface area contributed by atoms with Crippen molar-refractivity contribution in [2.75, 3.05) is 0 Å². The van der Waals surface area contributed by atoms with Gasteiger partial charge in [-0.25, -0.2) is 0 Å². The van der Waals surface area contributed by atoms with Crippen LogP contribution in [-0.2, 0) is 23.0 Å². The number of ether oxygens (including phenoxy) is 1. The van der Waals surface area contributed by atoms with E-state index in [0.29, 0.717) is 22.5 Å². The first-order chi connectivity index (χ1) is 12.0. The van der Waals surface area contributed by atoms with Crippen molar-refractivity contribution in [2.24, 2.45) is 7.05 Å². The number of nitrogens with zero attached hydrogens (tertiary/aromatic N) is 2. The molecule has 2 heterocycles. The molecule has 0 saturated carbocycles. The van der Waals surface area contributed by atoms with E-state index in [1.165, 1.54) is 13.8 Å². The number of carbonyl (C=O) groups excluding carboxylic acids is 3. The number of H-pyrrole nitrogens is 1. The number of hydrogen-bond acceptors (Lipinski definition) is 5. The number of Topliss-reactive ketones (excluding diaryl/α,β-unsaturated/α-hetero) is 2. The Morgan fingerprint density at radius 2 is 1.81 bits per heavy atom. The first kappa shape index (κ1) is 19.6. The molecule has 0 radical (unpaired) electrons. The third-order valence-electron chi connectivity index (χ3n) is 4.69. The maximum Gasteiger partial charge on any atom is 0.311 e. The number of ketones is 2. The van der Waals surface area contributed by atoms with Crippen molar-refractivity contribution in [3.05, 3.63) is 39.5 Å². The van der Waals surface area contributed by atoms with Gasteiger partial charge in [-0.2, -0.15) is 5.10 Å². The summed E-state index contributed by atoms with van der Waals surface area (Å²) >= 11 is 0. The second kappa shape index (κ2) is 7.27. The van der Waals surface area contributed by atoms with Crippen molar-refractivity contribution in [2.45, 2.75) is 54.1 Å². The third kappa shape index (κ3) is 3.61. The van der Waals surface area contributed by atoms with Crippen molar-refractivity contribution in [1.29, 1.82) is 0 Å². The lowest BCUT2D eigenvalue weighted by Crippen LogP contribution is -2.26. The number of hydrogen-bond donors (Lipinski definition) is 1. The zero-order valence-electron chi connectivity index (χ0n) is 16.3. The molecule has 7 nitrogen and oxygen atoms in total. The van der Waals surface area contributed by atoms with Crippen molar-refractivity contribution in [3.8, 4) is 0 Å². The van der Waals surface area contributed by atoms with Gasteiger partial charge in [0.15, 0.2) is 11.9 Å². The van der Waals surface area contributed by atoms with Gasteiger partial charge in [-0.3, -0.25) is 19.1 Å². The van der Waals surface area contributed by atoms with Gasteiger partial charge >= 0.3 is 5.97 Å². The maximum absolute atomic E-state index is 12.6. The lowest BCUT2D eigenvalue weighted by Gasteiger charge is -2.12. The van der Waals surface area contributed by atoms with E-state index in [1.54, 1.807) is 18.5 Å². The predicted octanol–water partition coefficient (Wildman–Crippen LogP) is 2.54. The summed E-state index contributed by atoms with van der Waals surface area (Å²) in [6, 6.07) is 0. The minimum atomic E-state index is -0.948. The molecule has 2 aromatic rings. The Bertz CT molecular complexity index is 889. The predicted molar refractivity (Wildman–Crippen MR) is 96.5 cm³/mol. The van der Waals surface area contributed by atoms with Gasteiger partial charge in [0.25, 0.3) is 0 Å². The molecular weight excluding hydrogens is 334 g/mol. The Morgan fingerprint density at radius 3 is 2.27 bits per heavy atom. The molecule has 7 heteroatoms. The molecule has 0 spiro atoms. The zero-order valence-corrected chi connectivity index (χ0v) is 16.3. The maximum atomic E-state index is 12.6. The highest BCUT2D eigenvalue weighted by Crippen LogP contribution is 2.21. The normalized spacial score (nSPS) is 12.1. The van der Waals surface area contributed by atoms with E-state index < -0.39 is 12.1 Å². The first-order valence-electron chi connectivity index (χ1n) is 8.47. The summed E-state index contributed by atoms with van der Waals surface area (Å²) in [7, 11) is 1.81. The summed E-state index contributed by atoms with van der Waals surface area (Å²) in [6.45, 7) is 10.2. The SMILES string of the molecule is CC(=O)c1c(C)[nH]c(C(=O)[C@H](C)OC(=O)Cc2c(C)nn(C)c2C)c1C. The second-order valence-electron chi connectivity index (χ2n) is 6.63. The van der Waals surface area contributed by atoms with Gasteiger partial charge in [-0.15, -0.1) is 0 Å². The van der Waals surface area contributed by atoms with E-state index in [-0.39, 0.29) is 18.0 Å². The van der Waals surface area contributed by atoms with Crippen LogP contribution in [0.1, 0.15) is 62.9 Å². The zero-order chi connectivity index (χ0) is 19.8. The van der Waals surface area contributed by atoms with Crippen LogP contribution in [0.3, 0.4) is 0 Å². The molecule has 1 atom stereocenters. The molecule has 140 valence electrons. The van der Waals surface area contributed by atoms with Crippen LogP contribution in [0.25, 0.3) is 0 Å². The Hall–Kier alpha value is -2.70. The highest BCUT2D eigenvalue weighted by molar-refractivity contribution is 6.05. The number of carbonyl (C=O) groups is 3. The van der Waals surface area contributed by atoms with Crippen LogP contribution in [0.15, 0.2) is 0 Å². The van der Waals surface area contributed by atoms with E-state index in [9.17, 15) is 14.4 Å². The fourth-order valence-corrected chi connectivity index (χ4v) is 3.24. The fourth-order valence-electron chi connectivity index (χ4n) is 3.24. The third-order valence-corrected chi connectivity index (χ3v) is 4.69. The van der Waals surface area contributed by atoms with Crippen LogP contribution in [-0.4, -0.2) is 38.4 Å². The van der Waals surface area contributed by atoms with E-state index in [0.717, 1.165) is 17.0 Å². The number of rotatable bonds is 6. The van der Waals surface area contributed by atoms with Crippen molar-refractivity contribution < 1.29 is 19.1 Å². The average molecular weight is 359 g/mol. The standard InChI is InChI=1S/C19H25N3O4/c1-9-17(13(5)23)11(3)20-18(9)19(25)14(6)26-16(24)8-15-10(2)21-22(7)12(15)4/h14,20H,8H2,1-7H3/t14-/m0/s1. The number of esters is 1. The van der Waals surface area contributed by atoms with Crippen LogP contribution < -0.4 is 0 Å². The molecule has 0 fully saturated rings. The summed E-state index contributed by atoms with van der Waals surface area (Å²) in [6.07, 6.45) is -0.888. The molecule has 0 amide bonds. The molecular formula is C19H25N3O4. The molecule has 0 aliphatic heterocycles. The highest BCUT2D eigenvalue weighted by atomic mass is 16.5. The van der Waals surface area contributed by atoms with Crippen molar-refractivity contribution in [3.63, 3.8) is 0 Å². The van der Waals surface area contributed by atoms with Gasteiger partial charge in [0.05, 0.1) is 17.8 Å². The van der Waals surface area contributed by atoms with Gasteiger partial charge in [-0.05, 0) is 47.1 Å². The monoisotopic (exact) mass is 359 g/mol. The van der Waals surface area contributed by atoms with Crippen molar-refractivity contribution in [1.82, 2.24) is 14.8 Å². The van der Waals surface area contributed by atoms with Gasteiger partial charge in [0.2, 0.25) is 5.78 Å². The Balaban J connectivity index is 2.13. The molecule has 0 saturated heterocycles. The molecule has 0 aromatic carbocycles. The minimum absolute atomic E-state index is 0.0601. The number of nitrogens with one attached hydrogen (secondary N) is 1. The smallest absolute Gasteiger partial charge is 0.311 e. The lowest BCUT2D eigenvalue weighted by molar-refractivity contribution is -0.145. The van der Waals surface area contributed by atoms with E-state index >= 15 is 0 Å². The molecule has 0 unspecified atom stereocenters. The Morgan fingerprint density at radius 1 is 1.19 bits per heavy atom. The molecule has 26 heavy (non-hydrogen) atoms. The number of aryl methyl sites for hydroxylation is 3. The summed E-state index contributed by atoms with van der Waals surface area (Å²) in [4.78, 5) is 39.6. The summed E-state index contributed by atoms with van der Waals surface area (Å²) < 4.78 is 7.03. The molecule has 2 aromatic heterocycles. The molecule has 2 rings (SSSR count). The topological polar surface area (TPSA) is 94.0 Å². The quantitative estimate of drug-likeness (QED) is 0.632. The number of aromatic nitrogens is 3. The van der Waals surface area contributed by atoms with E-state index in [4.69, 9.17) is 4.74 Å².